The van der Waals surface area contributed by atoms with Crippen LogP contribution >= 0.6 is 0 Å². The Morgan fingerprint density at radius 1 is 1.56 bits per heavy atom. The van der Waals surface area contributed by atoms with Crippen molar-refractivity contribution >= 4 is 0 Å². The van der Waals surface area contributed by atoms with Crippen molar-refractivity contribution in [3.63, 3.8) is 0 Å². The first-order valence-electron chi connectivity index (χ1n) is 3.15. The Balaban J connectivity index is 2.63. The molecule has 1 heterocycles. The van der Waals surface area contributed by atoms with Gasteiger partial charge in [0.15, 0.2) is 0 Å². The van der Waals surface area contributed by atoms with E-state index in [4.69, 9.17) is 0 Å². The van der Waals surface area contributed by atoms with Crippen LogP contribution in [-0.4, -0.2) is 0 Å². The van der Waals surface area contributed by atoms with E-state index in [0.717, 1.165) is 12.1 Å². The molecule has 0 amide bonds. The van der Waals surface area contributed by atoms with Gasteiger partial charge in [-0.05, 0) is 18.1 Å². The molecule has 1 nitrogen and oxygen atoms in total. The molecule has 0 radical (unpaired) electrons. The number of hydrogen-bond donors (Lipinski definition) is 1. The van der Waals surface area contributed by atoms with Crippen LogP contribution in [0.4, 0.5) is 0 Å². The summed E-state index contributed by atoms with van der Waals surface area (Å²) in [6, 6.07) is 0. The summed E-state index contributed by atoms with van der Waals surface area (Å²) in [6.07, 6.45) is 7.14. The van der Waals surface area contributed by atoms with Crippen LogP contribution in [0.15, 0.2) is 36.2 Å². The highest BCUT2D eigenvalue weighted by molar-refractivity contribution is 5.31. The van der Waals surface area contributed by atoms with Crippen molar-refractivity contribution in [3.05, 3.63) is 36.2 Å². The van der Waals surface area contributed by atoms with Gasteiger partial charge in [0.2, 0.25) is 0 Å². The maximum atomic E-state index is 3.74. The quantitative estimate of drug-likeness (QED) is 0.559. The third kappa shape index (κ3) is 1.46. The van der Waals surface area contributed by atoms with Gasteiger partial charge in [0, 0.05) is 11.9 Å². The molecule has 0 aromatic heterocycles. The molecule has 0 spiro atoms. The van der Waals surface area contributed by atoms with Crippen molar-refractivity contribution in [2.24, 2.45) is 0 Å². The molecule has 0 saturated heterocycles. The van der Waals surface area contributed by atoms with Gasteiger partial charge < -0.3 is 5.32 Å². The van der Waals surface area contributed by atoms with Crippen molar-refractivity contribution in [1.82, 2.24) is 5.32 Å². The fourth-order valence-corrected chi connectivity index (χ4v) is 0.709. The number of allylic oxidation sites excluding steroid dienone is 3. The predicted molar refractivity (Wildman–Crippen MR) is 39.8 cm³/mol. The van der Waals surface area contributed by atoms with E-state index in [2.05, 4.69) is 24.9 Å². The van der Waals surface area contributed by atoms with Crippen LogP contribution in [-0.2, 0) is 0 Å². The van der Waals surface area contributed by atoms with Crippen LogP contribution < -0.4 is 5.32 Å². The minimum Gasteiger partial charge on any atom is -0.362 e. The first-order valence-corrected chi connectivity index (χ1v) is 3.15. The van der Waals surface area contributed by atoms with Gasteiger partial charge in [-0.1, -0.05) is 19.6 Å². The van der Waals surface area contributed by atoms with Crippen LogP contribution in [0.2, 0.25) is 0 Å². The molecule has 48 valence electrons. The van der Waals surface area contributed by atoms with Crippen molar-refractivity contribution in [2.75, 3.05) is 0 Å². The first-order chi connectivity index (χ1) is 4.33. The fraction of sp³-hybridized carbons (Fsp3) is 0.250. The monoisotopic (exact) mass is 121 g/mol. The number of rotatable bonds is 1. The van der Waals surface area contributed by atoms with Gasteiger partial charge in [-0.15, -0.1) is 0 Å². The molecule has 9 heavy (non-hydrogen) atoms. The molecule has 1 rings (SSSR count). The van der Waals surface area contributed by atoms with Gasteiger partial charge in [0.25, 0.3) is 0 Å². The smallest absolute Gasteiger partial charge is 0.0306 e. The molecule has 0 unspecified atom stereocenters. The first kappa shape index (κ1) is 6.14. The van der Waals surface area contributed by atoms with Gasteiger partial charge in [-0.2, -0.15) is 0 Å². The molecule has 0 bridgehead atoms. The van der Waals surface area contributed by atoms with Crippen LogP contribution in [0, 0.1) is 0 Å². The Morgan fingerprint density at radius 2 is 2.33 bits per heavy atom. The van der Waals surface area contributed by atoms with E-state index in [0.29, 0.717) is 0 Å². The van der Waals surface area contributed by atoms with Gasteiger partial charge >= 0.3 is 0 Å². The zero-order valence-corrected chi connectivity index (χ0v) is 5.65. The molecule has 0 aromatic carbocycles. The molecule has 0 fully saturated rings. The summed E-state index contributed by atoms with van der Waals surface area (Å²) >= 11 is 0. The minimum atomic E-state index is 0.965. The van der Waals surface area contributed by atoms with E-state index >= 15 is 0 Å². The Bertz CT molecular complexity index is 175. The molecule has 1 aliphatic rings. The lowest BCUT2D eigenvalue weighted by Crippen LogP contribution is -2.05. The third-order valence-corrected chi connectivity index (χ3v) is 1.35. The normalized spacial score (nSPS) is 17.0. The highest BCUT2D eigenvalue weighted by atomic mass is 14.8. The molecule has 1 N–H and O–H groups in total. The van der Waals surface area contributed by atoms with E-state index in [1.165, 1.54) is 5.57 Å². The lowest BCUT2D eigenvalue weighted by Gasteiger charge is -2.07. The zero-order valence-electron chi connectivity index (χ0n) is 5.65. The van der Waals surface area contributed by atoms with Gasteiger partial charge in [-0.3, -0.25) is 0 Å². The highest BCUT2D eigenvalue weighted by Gasteiger charge is 1.93. The van der Waals surface area contributed by atoms with Gasteiger partial charge in [0.1, 0.15) is 0 Å². The number of hydrogen-bond acceptors (Lipinski definition) is 1. The van der Waals surface area contributed by atoms with E-state index in [-0.39, 0.29) is 0 Å². The Labute approximate surface area is 55.8 Å². The Kier molecular flexibility index (Phi) is 1.73. The lowest BCUT2D eigenvalue weighted by molar-refractivity contribution is 1.03. The van der Waals surface area contributed by atoms with Crippen LogP contribution in [0.25, 0.3) is 0 Å². The van der Waals surface area contributed by atoms with Crippen LogP contribution in [0.3, 0.4) is 0 Å². The standard InChI is InChI=1S/C8H11N/c1-3-8-5-4-7(2)9-6-8/h4-6,9H,2-3H2,1H3. The second-order valence-corrected chi connectivity index (χ2v) is 2.08. The lowest BCUT2D eigenvalue weighted by atomic mass is 10.1. The highest BCUT2D eigenvalue weighted by Crippen LogP contribution is 2.07. The summed E-state index contributed by atoms with van der Waals surface area (Å²) in [5.74, 6) is 0. The number of nitrogens with one attached hydrogen (secondary N) is 1. The van der Waals surface area contributed by atoms with E-state index in [9.17, 15) is 0 Å². The SMILES string of the molecule is C=C1C=CC(CC)=CN1. The second kappa shape index (κ2) is 2.53. The average Bonchev–Trinajstić information content (AvgIpc) is 1.90. The van der Waals surface area contributed by atoms with Crippen LogP contribution in [0.5, 0.6) is 0 Å². The minimum absolute atomic E-state index is 0.965. The molecular formula is C8H11N. The van der Waals surface area contributed by atoms with Gasteiger partial charge in [-0.25, -0.2) is 0 Å². The fourth-order valence-electron chi connectivity index (χ4n) is 0.709. The summed E-state index contributed by atoms with van der Waals surface area (Å²) in [4.78, 5) is 0. The van der Waals surface area contributed by atoms with Crippen molar-refractivity contribution in [3.8, 4) is 0 Å². The second-order valence-electron chi connectivity index (χ2n) is 2.08. The maximum absolute atomic E-state index is 3.74. The molecule has 0 atom stereocenters. The molecule has 0 aromatic rings. The van der Waals surface area contributed by atoms with Crippen molar-refractivity contribution < 1.29 is 0 Å². The number of dihydropyridines is 1. The maximum Gasteiger partial charge on any atom is 0.0306 e. The average molecular weight is 121 g/mol. The van der Waals surface area contributed by atoms with E-state index in [1.54, 1.807) is 0 Å². The summed E-state index contributed by atoms with van der Waals surface area (Å²) in [7, 11) is 0. The van der Waals surface area contributed by atoms with Crippen molar-refractivity contribution in [2.45, 2.75) is 13.3 Å². The van der Waals surface area contributed by atoms with Crippen molar-refractivity contribution in [1.29, 1.82) is 0 Å². The molecule has 1 aliphatic heterocycles. The predicted octanol–water partition coefficient (Wildman–Crippen LogP) is 1.95. The molecule has 1 heteroatoms. The summed E-state index contributed by atoms with van der Waals surface area (Å²) < 4.78 is 0. The third-order valence-electron chi connectivity index (χ3n) is 1.35. The summed E-state index contributed by atoms with van der Waals surface area (Å²) in [5, 5.41) is 3.04. The molecular weight excluding hydrogens is 110 g/mol. The molecule has 0 saturated carbocycles. The zero-order chi connectivity index (χ0) is 6.69. The summed E-state index contributed by atoms with van der Waals surface area (Å²) in [5.41, 5.74) is 2.29. The summed E-state index contributed by atoms with van der Waals surface area (Å²) in [6.45, 7) is 5.87. The van der Waals surface area contributed by atoms with E-state index in [1.807, 2.05) is 12.3 Å². The largest absolute Gasteiger partial charge is 0.362 e. The Morgan fingerprint density at radius 3 is 2.78 bits per heavy atom. The van der Waals surface area contributed by atoms with Crippen LogP contribution in [0.1, 0.15) is 13.3 Å². The Hall–Kier alpha value is -0.980. The molecule has 0 aliphatic carbocycles. The topological polar surface area (TPSA) is 12.0 Å². The van der Waals surface area contributed by atoms with Gasteiger partial charge in [0.05, 0.1) is 0 Å². The van der Waals surface area contributed by atoms with E-state index < -0.39 is 0 Å².